The number of hydrogen-bond donors (Lipinski definition) is 0. The summed E-state index contributed by atoms with van der Waals surface area (Å²) in [6.45, 7) is 9.63. The molecule has 0 saturated heterocycles. The van der Waals surface area contributed by atoms with Crippen LogP contribution in [0.4, 0.5) is 0 Å². The Morgan fingerprint density at radius 1 is 1.00 bits per heavy atom. The molecule has 0 aromatic heterocycles. The molecule has 0 aromatic rings. The Kier molecular flexibility index (Phi) is 9.36. The van der Waals surface area contributed by atoms with Gasteiger partial charge >= 0.3 is 0 Å². The maximum Gasteiger partial charge on any atom is -0.0291 e. The fourth-order valence-corrected chi connectivity index (χ4v) is 3.84. The van der Waals surface area contributed by atoms with Crippen LogP contribution in [-0.2, 0) is 0 Å². The summed E-state index contributed by atoms with van der Waals surface area (Å²) >= 11 is 0. The van der Waals surface area contributed by atoms with E-state index in [2.05, 4.69) is 33.8 Å². The molecular formula is C21H40. The monoisotopic (exact) mass is 292 g/mol. The van der Waals surface area contributed by atoms with Crippen LogP contribution in [-0.4, -0.2) is 0 Å². The fourth-order valence-electron chi connectivity index (χ4n) is 3.84. The average Bonchev–Trinajstić information content (AvgIpc) is 2.43. The molecule has 21 heavy (non-hydrogen) atoms. The van der Waals surface area contributed by atoms with E-state index in [1.165, 1.54) is 83.5 Å². The third-order valence-corrected chi connectivity index (χ3v) is 5.54. The third-order valence-electron chi connectivity index (χ3n) is 5.54. The van der Waals surface area contributed by atoms with E-state index in [1.54, 1.807) is 5.57 Å². The minimum atomic E-state index is 0.563. The first-order valence-electron chi connectivity index (χ1n) is 9.71. The Bertz CT molecular complexity index is 288. The van der Waals surface area contributed by atoms with Gasteiger partial charge in [-0.3, -0.25) is 0 Å². The zero-order valence-corrected chi connectivity index (χ0v) is 15.3. The van der Waals surface area contributed by atoms with Crippen molar-refractivity contribution >= 4 is 0 Å². The second kappa shape index (κ2) is 10.5. The Morgan fingerprint density at radius 2 is 1.62 bits per heavy atom. The molecule has 1 aliphatic carbocycles. The van der Waals surface area contributed by atoms with Crippen molar-refractivity contribution in [2.75, 3.05) is 0 Å². The highest BCUT2D eigenvalue weighted by molar-refractivity contribution is 5.00. The Hall–Kier alpha value is -0.260. The minimum Gasteiger partial charge on any atom is -0.0851 e. The molecule has 0 amide bonds. The van der Waals surface area contributed by atoms with Gasteiger partial charge in [0.1, 0.15) is 0 Å². The van der Waals surface area contributed by atoms with Gasteiger partial charge in [-0.05, 0) is 43.9 Å². The minimum absolute atomic E-state index is 0.563. The third kappa shape index (κ3) is 8.69. The van der Waals surface area contributed by atoms with Gasteiger partial charge in [-0.25, -0.2) is 0 Å². The largest absolute Gasteiger partial charge is 0.0851 e. The van der Waals surface area contributed by atoms with E-state index >= 15 is 0 Å². The fraction of sp³-hybridized carbons (Fsp3) is 0.905. The lowest BCUT2D eigenvalue weighted by Crippen LogP contribution is -2.16. The zero-order valence-electron chi connectivity index (χ0n) is 15.3. The van der Waals surface area contributed by atoms with Crippen LogP contribution in [0, 0.1) is 11.3 Å². The molecule has 0 nitrogen and oxygen atoms in total. The topological polar surface area (TPSA) is 0 Å². The van der Waals surface area contributed by atoms with Crippen molar-refractivity contribution in [3.05, 3.63) is 11.6 Å². The summed E-state index contributed by atoms with van der Waals surface area (Å²) in [6, 6.07) is 0. The van der Waals surface area contributed by atoms with Gasteiger partial charge < -0.3 is 0 Å². The van der Waals surface area contributed by atoms with E-state index in [0.29, 0.717) is 5.41 Å². The van der Waals surface area contributed by atoms with E-state index in [-0.39, 0.29) is 0 Å². The lowest BCUT2D eigenvalue weighted by molar-refractivity contribution is 0.243. The molecule has 2 unspecified atom stereocenters. The summed E-state index contributed by atoms with van der Waals surface area (Å²) < 4.78 is 0. The van der Waals surface area contributed by atoms with Gasteiger partial charge in [0, 0.05) is 0 Å². The van der Waals surface area contributed by atoms with Gasteiger partial charge in [0.2, 0.25) is 0 Å². The maximum absolute atomic E-state index is 2.55. The second-order valence-electron chi connectivity index (χ2n) is 8.12. The molecular weight excluding hydrogens is 252 g/mol. The van der Waals surface area contributed by atoms with Gasteiger partial charge in [-0.2, -0.15) is 0 Å². The molecule has 0 aliphatic heterocycles. The molecule has 0 bridgehead atoms. The molecule has 0 aromatic carbocycles. The first-order valence-corrected chi connectivity index (χ1v) is 9.71. The highest BCUT2D eigenvalue weighted by Crippen LogP contribution is 2.37. The Morgan fingerprint density at radius 3 is 2.38 bits per heavy atom. The van der Waals surface area contributed by atoms with Crippen molar-refractivity contribution in [2.45, 2.75) is 111 Å². The summed E-state index contributed by atoms with van der Waals surface area (Å²) in [4.78, 5) is 0. The lowest BCUT2D eigenvalue weighted by atomic mass is 9.75. The van der Waals surface area contributed by atoms with Crippen LogP contribution in [0.15, 0.2) is 11.6 Å². The van der Waals surface area contributed by atoms with Gasteiger partial charge in [-0.15, -0.1) is 0 Å². The molecule has 1 rings (SSSR count). The molecule has 1 fully saturated rings. The summed E-state index contributed by atoms with van der Waals surface area (Å²) in [5, 5.41) is 0. The lowest BCUT2D eigenvalue weighted by Gasteiger charge is -2.30. The van der Waals surface area contributed by atoms with Crippen LogP contribution >= 0.6 is 0 Å². The highest BCUT2D eigenvalue weighted by atomic mass is 14.3. The zero-order chi connectivity index (χ0) is 15.6. The molecule has 0 heterocycles. The van der Waals surface area contributed by atoms with Crippen LogP contribution in [0.3, 0.4) is 0 Å². The van der Waals surface area contributed by atoms with Crippen molar-refractivity contribution in [2.24, 2.45) is 11.3 Å². The van der Waals surface area contributed by atoms with Gasteiger partial charge in [0.15, 0.2) is 0 Å². The standard InChI is InChI=1S/C21H40/c1-5-12-19(2)15-18-21(4)16-10-8-6-7-9-13-20(3)14-11-17-21/h15,20H,5-14,16-18H2,1-4H3. The number of rotatable bonds is 4. The van der Waals surface area contributed by atoms with Gasteiger partial charge in [0.25, 0.3) is 0 Å². The molecule has 0 spiro atoms. The summed E-state index contributed by atoms with van der Waals surface area (Å²) in [6.07, 6.45) is 21.0. The highest BCUT2D eigenvalue weighted by Gasteiger charge is 2.22. The van der Waals surface area contributed by atoms with Crippen LogP contribution in [0.5, 0.6) is 0 Å². The number of hydrogen-bond acceptors (Lipinski definition) is 0. The number of allylic oxidation sites excluding steroid dienone is 2. The molecule has 0 N–H and O–H groups in total. The molecule has 1 saturated carbocycles. The van der Waals surface area contributed by atoms with Crippen molar-refractivity contribution < 1.29 is 0 Å². The predicted octanol–water partition coefficient (Wildman–Crippen LogP) is 7.68. The summed E-state index contributed by atoms with van der Waals surface area (Å²) in [5.41, 5.74) is 2.17. The molecule has 124 valence electrons. The van der Waals surface area contributed by atoms with E-state index in [0.717, 1.165) is 5.92 Å². The normalized spacial score (nSPS) is 30.5. The SMILES string of the molecule is CCCC(C)=CCC1(C)CCCCCCCC(C)CCC1. The van der Waals surface area contributed by atoms with E-state index in [4.69, 9.17) is 0 Å². The Labute approximate surface area is 134 Å². The van der Waals surface area contributed by atoms with Crippen LogP contribution < -0.4 is 0 Å². The van der Waals surface area contributed by atoms with Crippen molar-refractivity contribution in [1.82, 2.24) is 0 Å². The van der Waals surface area contributed by atoms with Crippen LogP contribution in [0.2, 0.25) is 0 Å². The van der Waals surface area contributed by atoms with Crippen molar-refractivity contribution in [1.29, 1.82) is 0 Å². The molecule has 0 radical (unpaired) electrons. The molecule has 1 aliphatic rings. The van der Waals surface area contributed by atoms with Gasteiger partial charge in [0.05, 0.1) is 0 Å². The Balaban J connectivity index is 2.54. The average molecular weight is 293 g/mol. The van der Waals surface area contributed by atoms with Crippen molar-refractivity contribution in [3.63, 3.8) is 0 Å². The van der Waals surface area contributed by atoms with Crippen LogP contribution in [0.25, 0.3) is 0 Å². The van der Waals surface area contributed by atoms with Crippen molar-refractivity contribution in [3.8, 4) is 0 Å². The summed E-state index contributed by atoms with van der Waals surface area (Å²) in [5.74, 6) is 0.950. The predicted molar refractivity (Wildman–Crippen MR) is 96.7 cm³/mol. The quantitative estimate of drug-likeness (QED) is 0.466. The van der Waals surface area contributed by atoms with E-state index < -0.39 is 0 Å². The first kappa shape index (κ1) is 18.8. The maximum atomic E-state index is 2.55. The van der Waals surface area contributed by atoms with Gasteiger partial charge in [-0.1, -0.05) is 90.2 Å². The smallest absolute Gasteiger partial charge is 0.0291 e. The second-order valence-corrected chi connectivity index (χ2v) is 8.12. The molecule has 0 heteroatoms. The van der Waals surface area contributed by atoms with E-state index in [9.17, 15) is 0 Å². The van der Waals surface area contributed by atoms with Crippen LogP contribution in [0.1, 0.15) is 111 Å². The first-order chi connectivity index (χ1) is 10.1. The molecule has 2 atom stereocenters. The van der Waals surface area contributed by atoms with E-state index in [1.807, 2.05) is 0 Å². The summed E-state index contributed by atoms with van der Waals surface area (Å²) in [7, 11) is 0.